The maximum atomic E-state index is 9.68. The molecule has 3 nitrogen and oxygen atoms in total. The monoisotopic (exact) mass is 285 g/mol. The van der Waals surface area contributed by atoms with E-state index < -0.39 is 0 Å². The molecule has 1 aromatic rings. The molecule has 4 heteroatoms. The van der Waals surface area contributed by atoms with Crippen molar-refractivity contribution in [3.05, 3.63) is 28.2 Å². The second-order valence-electron chi connectivity index (χ2n) is 3.67. The van der Waals surface area contributed by atoms with Gasteiger partial charge in [0, 0.05) is 10.0 Å². The fourth-order valence-electron chi connectivity index (χ4n) is 1.52. The maximum Gasteiger partial charge on any atom is 0.124 e. The van der Waals surface area contributed by atoms with Crippen molar-refractivity contribution in [1.29, 1.82) is 0 Å². The Morgan fingerprint density at radius 2 is 2.12 bits per heavy atom. The van der Waals surface area contributed by atoms with E-state index in [1.165, 1.54) is 0 Å². The lowest BCUT2D eigenvalue weighted by molar-refractivity contribution is 0.317. The number of rotatable bonds is 5. The van der Waals surface area contributed by atoms with Crippen molar-refractivity contribution in [1.82, 2.24) is 0 Å². The summed E-state index contributed by atoms with van der Waals surface area (Å²) in [6, 6.07) is 5.10. The molecule has 0 saturated heterocycles. The summed E-state index contributed by atoms with van der Waals surface area (Å²) < 4.78 is 0.858. The second-order valence-corrected chi connectivity index (χ2v) is 4.58. The van der Waals surface area contributed by atoms with E-state index in [1.807, 2.05) is 0 Å². The summed E-state index contributed by atoms with van der Waals surface area (Å²) in [6.07, 6.45) is 3.84. The average Bonchev–Trinajstić information content (AvgIpc) is 2.28. The van der Waals surface area contributed by atoms with E-state index >= 15 is 0 Å². The average molecular weight is 286 g/mol. The summed E-state index contributed by atoms with van der Waals surface area (Å²) in [4.78, 5) is 0. The van der Waals surface area contributed by atoms with Gasteiger partial charge in [0.1, 0.15) is 5.75 Å². The van der Waals surface area contributed by atoms with Crippen LogP contribution in [0.1, 0.15) is 38.2 Å². The number of hydrogen-bond donors (Lipinski definition) is 2. The molecule has 0 unspecified atom stereocenters. The molecule has 1 aromatic carbocycles. The summed E-state index contributed by atoms with van der Waals surface area (Å²) in [5, 5.41) is 21.9. The molecule has 0 bridgehead atoms. The normalized spacial score (nSPS) is 11.8. The number of unbranched alkanes of at least 4 members (excludes halogenated alkanes) is 2. The molecule has 0 heterocycles. The molecule has 16 heavy (non-hydrogen) atoms. The summed E-state index contributed by atoms with van der Waals surface area (Å²) in [7, 11) is 0. The van der Waals surface area contributed by atoms with Crippen LogP contribution in [0.2, 0.25) is 0 Å². The highest BCUT2D eigenvalue weighted by molar-refractivity contribution is 9.10. The molecule has 0 aliphatic rings. The minimum Gasteiger partial charge on any atom is -0.507 e. The van der Waals surface area contributed by atoms with Crippen LogP contribution in [0.15, 0.2) is 27.8 Å². The van der Waals surface area contributed by atoms with Crippen molar-refractivity contribution in [3.63, 3.8) is 0 Å². The number of benzene rings is 1. The van der Waals surface area contributed by atoms with Crippen LogP contribution in [0.25, 0.3) is 0 Å². The lowest BCUT2D eigenvalue weighted by Crippen LogP contribution is -2.01. The molecule has 1 rings (SSSR count). The van der Waals surface area contributed by atoms with Gasteiger partial charge in [0.25, 0.3) is 0 Å². The highest BCUT2D eigenvalue weighted by Gasteiger charge is 2.10. The molecule has 0 radical (unpaired) electrons. The van der Waals surface area contributed by atoms with E-state index in [1.54, 1.807) is 18.2 Å². The molecule has 0 spiro atoms. The Morgan fingerprint density at radius 1 is 1.38 bits per heavy atom. The van der Waals surface area contributed by atoms with Crippen LogP contribution >= 0.6 is 15.9 Å². The van der Waals surface area contributed by atoms with Crippen LogP contribution in [0.5, 0.6) is 5.75 Å². The third-order valence-corrected chi connectivity index (χ3v) is 2.90. The molecule has 2 N–H and O–H groups in total. The Balaban J connectivity index is 2.83. The van der Waals surface area contributed by atoms with E-state index in [-0.39, 0.29) is 5.75 Å². The van der Waals surface area contributed by atoms with Crippen LogP contribution < -0.4 is 0 Å². The zero-order valence-electron chi connectivity index (χ0n) is 9.28. The summed E-state index contributed by atoms with van der Waals surface area (Å²) >= 11 is 3.33. The molecular formula is C12H16BrNO2. The van der Waals surface area contributed by atoms with E-state index in [0.717, 1.165) is 23.7 Å². The Morgan fingerprint density at radius 3 is 2.75 bits per heavy atom. The number of hydrogen-bond acceptors (Lipinski definition) is 3. The second kappa shape index (κ2) is 6.53. The van der Waals surface area contributed by atoms with Gasteiger partial charge >= 0.3 is 0 Å². The van der Waals surface area contributed by atoms with Gasteiger partial charge in [0.15, 0.2) is 0 Å². The number of phenols is 1. The fourth-order valence-corrected chi connectivity index (χ4v) is 1.88. The van der Waals surface area contributed by atoms with Gasteiger partial charge in [0.05, 0.1) is 5.71 Å². The Bertz CT molecular complexity index is 377. The molecule has 0 fully saturated rings. The third kappa shape index (κ3) is 3.52. The van der Waals surface area contributed by atoms with Crippen LogP contribution in [0, 0.1) is 0 Å². The van der Waals surface area contributed by atoms with E-state index in [0.29, 0.717) is 17.7 Å². The van der Waals surface area contributed by atoms with Gasteiger partial charge in [-0.25, -0.2) is 0 Å². The van der Waals surface area contributed by atoms with Crippen molar-refractivity contribution >= 4 is 21.6 Å². The highest BCUT2D eigenvalue weighted by Crippen LogP contribution is 2.24. The van der Waals surface area contributed by atoms with Gasteiger partial charge in [-0.2, -0.15) is 0 Å². The van der Waals surface area contributed by atoms with E-state index in [2.05, 4.69) is 28.0 Å². The highest BCUT2D eigenvalue weighted by atomic mass is 79.9. The van der Waals surface area contributed by atoms with Crippen LogP contribution in [-0.2, 0) is 0 Å². The zero-order chi connectivity index (χ0) is 12.0. The van der Waals surface area contributed by atoms with Crippen LogP contribution in [-0.4, -0.2) is 16.0 Å². The summed E-state index contributed by atoms with van der Waals surface area (Å²) in [5.74, 6) is 0.146. The number of oxime groups is 1. The van der Waals surface area contributed by atoms with Gasteiger partial charge in [-0.1, -0.05) is 40.9 Å². The fraction of sp³-hybridized carbons (Fsp3) is 0.417. The molecule has 0 aliphatic heterocycles. The topological polar surface area (TPSA) is 52.8 Å². The van der Waals surface area contributed by atoms with E-state index in [4.69, 9.17) is 5.21 Å². The van der Waals surface area contributed by atoms with Crippen LogP contribution in [0.4, 0.5) is 0 Å². The van der Waals surface area contributed by atoms with E-state index in [9.17, 15) is 5.11 Å². The molecule has 0 amide bonds. The number of phenolic OH excluding ortho intramolecular Hbond substituents is 1. The number of halogens is 1. The van der Waals surface area contributed by atoms with Gasteiger partial charge in [-0.15, -0.1) is 0 Å². The number of nitrogens with zero attached hydrogens (tertiary/aromatic N) is 1. The largest absolute Gasteiger partial charge is 0.507 e. The van der Waals surface area contributed by atoms with Crippen LogP contribution in [0.3, 0.4) is 0 Å². The lowest BCUT2D eigenvalue weighted by Gasteiger charge is -2.07. The van der Waals surface area contributed by atoms with Gasteiger partial charge in [-0.3, -0.25) is 0 Å². The Hall–Kier alpha value is -1.03. The minimum atomic E-state index is 0.146. The summed E-state index contributed by atoms with van der Waals surface area (Å²) in [5.41, 5.74) is 1.13. The zero-order valence-corrected chi connectivity index (χ0v) is 10.9. The molecule has 0 atom stereocenters. The predicted octanol–water partition coefficient (Wildman–Crippen LogP) is 3.91. The molecular weight excluding hydrogens is 270 g/mol. The lowest BCUT2D eigenvalue weighted by atomic mass is 10.0. The SMILES string of the molecule is CCCCC/C(=N/O)c1cc(Br)ccc1O. The first kappa shape index (κ1) is 13.0. The number of aromatic hydroxyl groups is 1. The maximum absolute atomic E-state index is 9.68. The van der Waals surface area contributed by atoms with Crippen molar-refractivity contribution in [2.75, 3.05) is 0 Å². The Labute approximate surface area is 104 Å². The van der Waals surface area contributed by atoms with Gasteiger partial charge < -0.3 is 10.3 Å². The molecule has 0 saturated carbocycles. The van der Waals surface area contributed by atoms with Crippen molar-refractivity contribution in [2.24, 2.45) is 5.16 Å². The van der Waals surface area contributed by atoms with Crippen molar-refractivity contribution in [3.8, 4) is 5.75 Å². The predicted molar refractivity (Wildman–Crippen MR) is 68.3 cm³/mol. The summed E-state index contributed by atoms with van der Waals surface area (Å²) in [6.45, 7) is 2.12. The first-order valence-electron chi connectivity index (χ1n) is 5.38. The smallest absolute Gasteiger partial charge is 0.124 e. The van der Waals surface area contributed by atoms with Crippen molar-refractivity contribution < 1.29 is 10.3 Å². The first-order valence-corrected chi connectivity index (χ1v) is 6.18. The van der Waals surface area contributed by atoms with Crippen molar-refractivity contribution in [2.45, 2.75) is 32.6 Å². The van der Waals surface area contributed by atoms with Gasteiger partial charge in [-0.05, 0) is 31.0 Å². The third-order valence-electron chi connectivity index (χ3n) is 2.41. The quantitative estimate of drug-likeness (QED) is 0.373. The first-order chi connectivity index (χ1) is 7.69. The Kier molecular flexibility index (Phi) is 5.32. The minimum absolute atomic E-state index is 0.146. The molecule has 88 valence electrons. The van der Waals surface area contributed by atoms with Gasteiger partial charge in [0.2, 0.25) is 0 Å². The molecule has 0 aliphatic carbocycles. The standard InChI is InChI=1S/C12H16BrNO2/c1-2-3-4-5-11(14-16)10-8-9(13)6-7-12(10)15/h6-8,15-16H,2-5H2,1H3/b14-11-. The molecule has 0 aromatic heterocycles.